The van der Waals surface area contributed by atoms with E-state index in [0.29, 0.717) is 0 Å². The van der Waals surface area contributed by atoms with Gasteiger partial charge in [-0.15, -0.1) is 23.7 Å². The lowest BCUT2D eigenvalue weighted by atomic mass is 10.3. The van der Waals surface area contributed by atoms with Crippen LogP contribution in [-0.4, -0.2) is 31.1 Å². The number of rotatable bonds is 2. The van der Waals surface area contributed by atoms with Crippen molar-refractivity contribution in [1.29, 1.82) is 0 Å². The molecule has 0 saturated carbocycles. The summed E-state index contributed by atoms with van der Waals surface area (Å²) in [5.74, 6) is 0. The molecular weight excluding hydrogens is 319 g/mol. The van der Waals surface area contributed by atoms with E-state index in [9.17, 15) is 0 Å². The van der Waals surface area contributed by atoms with E-state index in [1.165, 1.54) is 4.88 Å². The topological polar surface area (TPSA) is 15.3 Å². The van der Waals surface area contributed by atoms with Crippen molar-refractivity contribution in [2.24, 2.45) is 0 Å². The molecule has 0 bridgehead atoms. The Morgan fingerprint density at radius 3 is 2.67 bits per heavy atom. The normalized spacial score (nSPS) is 17.5. The van der Waals surface area contributed by atoms with Crippen molar-refractivity contribution in [2.45, 2.75) is 6.54 Å². The molecule has 86 valence electrons. The van der Waals surface area contributed by atoms with Crippen molar-refractivity contribution in [1.82, 2.24) is 10.2 Å². The first-order valence-electron chi connectivity index (χ1n) is 4.62. The predicted molar refractivity (Wildman–Crippen MR) is 72.4 cm³/mol. The van der Waals surface area contributed by atoms with Crippen molar-refractivity contribution in [3.05, 3.63) is 19.8 Å². The molecule has 0 spiro atoms. The number of hydrogen-bond donors (Lipinski definition) is 1. The fraction of sp³-hybridized carbons (Fsp3) is 0.556. The number of nitrogens with zero attached hydrogens (tertiary/aromatic N) is 1. The Bertz CT molecular complexity index is 294. The van der Waals surface area contributed by atoms with Gasteiger partial charge in [0.25, 0.3) is 0 Å². The highest BCUT2D eigenvalue weighted by atomic mass is 79.9. The third kappa shape index (κ3) is 3.88. The van der Waals surface area contributed by atoms with E-state index in [-0.39, 0.29) is 12.4 Å². The molecule has 1 aliphatic rings. The average molecular weight is 332 g/mol. The number of thiophene rings is 1. The summed E-state index contributed by atoms with van der Waals surface area (Å²) < 4.78 is 1.88. The maximum Gasteiger partial charge on any atom is 0.107 e. The maximum atomic E-state index is 5.99. The summed E-state index contributed by atoms with van der Waals surface area (Å²) in [6.45, 7) is 5.48. The molecule has 0 aliphatic carbocycles. The fourth-order valence-electron chi connectivity index (χ4n) is 1.56. The van der Waals surface area contributed by atoms with Crippen LogP contribution in [0.5, 0.6) is 0 Å². The van der Waals surface area contributed by atoms with E-state index in [2.05, 4.69) is 32.2 Å². The first kappa shape index (κ1) is 13.7. The smallest absolute Gasteiger partial charge is 0.107 e. The molecule has 1 N–H and O–H groups in total. The standard InChI is InChI=1S/C9H12BrClN2S.ClH/c10-8-5-7(14-9(8)11)6-13-3-1-12-2-4-13;/h5,12H,1-4,6H2;1H. The summed E-state index contributed by atoms with van der Waals surface area (Å²) >= 11 is 11.1. The minimum absolute atomic E-state index is 0. The Hall–Kier alpha value is 0.680. The second-order valence-corrected chi connectivity index (χ2v) is 5.95. The highest BCUT2D eigenvalue weighted by Gasteiger charge is 2.12. The monoisotopic (exact) mass is 330 g/mol. The molecule has 2 nitrogen and oxygen atoms in total. The number of halogens is 3. The molecule has 0 aromatic carbocycles. The molecule has 0 radical (unpaired) electrons. The summed E-state index contributed by atoms with van der Waals surface area (Å²) in [7, 11) is 0. The zero-order valence-electron chi connectivity index (χ0n) is 8.13. The van der Waals surface area contributed by atoms with Gasteiger partial charge in [0.15, 0.2) is 0 Å². The predicted octanol–water partition coefficient (Wildman–Crippen LogP) is 2.99. The summed E-state index contributed by atoms with van der Waals surface area (Å²) in [5, 5.41) is 3.34. The van der Waals surface area contributed by atoms with Crippen molar-refractivity contribution in [2.75, 3.05) is 26.2 Å². The third-order valence-corrected chi connectivity index (χ3v) is 4.74. The van der Waals surface area contributed by atoms with Gasteiger partial charge in [-0.3, -0.25) is 4.90 Å². The van der Waals surface area contributed by atoms with E-state index in [0.717, 1.165) is 41.5 Å². The molecule has 2 rings (SSSR count). The van der Waals surface area contributed by atoms with Crippen molar-refractivity contribution >= 4 is 51.3 Å². The van der Waals surface area contributed by atoms with Gasteiger partial charge < -0.3 is 5.32 Å². The van der Waals surface area contributed by atoms with Crippen LogP contribution in [0.2, 0.25) is 4.34 Å². The zero-order valence-corrected chi connectivity index (χ0v) is 12.1. The summed E-state index contributed by atoms with van der Waals surface area (Å²) in [5.41, 5.74) is 0. The molecule has 1 aromatic heterocycles. The lowest BCUT2D eigenvalue weighted by molar-refractivity contribution is 0.235. The highest BCUT2D eigenvalue weighted by Crippen LogP contribution is 2.32. The van der Waals surface area contributed by atoms with Crippen LogP contribution >= 0.6 is 51.3 Å². The number of nitrogens with one attached hydrogen (secondary N) is 1. The second kappa shape index (κ2) is 6.42. The van der Waals surface area contributed by atoms with Crippen LogP contribution in [0.25, 0.3) is 0 Å². The average Bonchev–Trinajstić information content (AvgIpc) is 2.47. The summed E-state index contributed by atoms with van der Waals surface area (Å²) in [4.78, 5) is 3.79. The number of hydrogen-bond acceptors (Lipinski definition) is 3. The third-order valence-electron chi connectivity index (χ3n) is 2.29. The number of piperazine rings is 1. The fourth-order valence-corrected chi connectivity index (χ4v) is 3.39. The van der Waals surface area contributed by atoms with Crippen molar-refractivity contribution in [3.63, 3.8) is 0 Å². The van der Waals surface area contributed by atoms with Crippen LogP contribution in [0.4, 0.5) is 0 Å². The van der Waals surface area contributed by atoms with Gasteiger partial charge in [0.05, 0.1) is 0 Å². The van der Waals surface area contributed by atoms with Gasteiger partial charge in [-0.25, -0.2) is 0 Å². The van der Waals surface area contributed by atoms with Gasteiger partial charge in [0.1, 0.15) is 4.34 Å². The van der Waals surface area contributed by atoms with Crippen molar-refractivity contribution in [3.8, 4) is 0 Å². The molecular formula is C9H13BrCl2N2S. The van der Waals surface area contributed by atoms with Crippen LogP contribution in [0.3, 0.4) is 0 Å². The maximum absolute atomic E-state index is 5.99. The summed E-state index contributed by atoms with van der Waals surface area (Å²) in [6.07, 6.45) is 0. The van der Waals surface area contributed by atoms with Crippen molar-refractivity contribution < 1.29 is 0 Å². The molecule has 1 aliphatic heterocycles. The minimum Gasteiger partial charge on any atom is -0.314 e. The molecule has 6 heteroatoms. The SMILES string of the molecule is Cl.Clc1sc(CN2CCNCC2)cc1Br. The lowest BCUT2D eigenvalue weighted by Gasteiger charge is -2.26. The quantitative estimate of drug-likeness (QED) is 0.896. The van der Waals surface area contributed by atoms with E-state index in [4.69, 9.17) is 11.6 Å². The minimum atomic E-state index is 0. The van der Waals surface area contributed by atoms with Gasteiger partial charge in [-0.1, -0.05) is 11.6 Å². The Morgan fingerprint density at radius 1 is 1.47 bits per heavy atom. The summed E-state index contributed by atoms with van der Waals surface area (Å²) in [6, 6.07) is 2.12. The zero-order chi connectivity index (χ0) is 9.97. The highest BCUT2D eigenvalue weighted by molar-refractivity contribution is 9.10. The van der Waals surface area contributed by atoms with Gasteiger partial charge in [-0.2, -0.15) is 0 Å². The first-order chi connectivity index (χ1) is 6.75. The van der Waals surface area contributed by atoms with Crippen LogP contribution in [0.1, 0.15) is 4.88 Å². The van der Waals surface area contributed by atoms with Crippen LogP contribution < -0.4 is 5.32 Å². The Labute approximate surface area is 114 Å². The van der Waals surface area contributed by atoms with E-state index < -0.39 is 0 Å². The molecule has 0 unspecified atom stereocenters. The van der Waals surface area contributed by atoms with E-state index >= 15 is 0 Å². The van der Waals surface area contributed by atoms with E-state index in [1.807, 2.05) is 0 Å². The molecule has 15 heavy (non-hydrogen) atoms. The Kier molecular flexibility index (Phi) is 5.89. The first-order valence-corrected chi connectivity index (χ1v) is 6.61. The largest absolute Gasteiger partial charge is 0.314 e. The van der Waals surface area contributed by atoms with Crippen LogP contribution in [0.15, 0.2) is 10.5 Å². The van der Waals surface area contributed by atoms with Gasteiger partial charge in [0.2, 0.25) is 0 Å². The van der Waals surface area contributed by atoms with Gasteiger partial charge >= 0.3 is 0 Å². The van der Waals surface area contributed by atoms with Gasteiger partial charge in [-0.05, 0) is 22.0 Å². The molecule has 0 amide bonds. The molecule has 2 heterocycles. The van der Waals surface area contributed by atoms with E-state index in [1.54, 1.807) is 11.3 Å². The molecule has 1 aromatic rings. The lowest BCUT2D eigenvalue weighted by Crippen LogP contribution is -2.42. The van der Waals surface area contributed by atoms with Gasteiger partial charge in [0, 0.05) is 42.1 Å². The van der Waals surface area contributed by atoms with Crippen LogP contribution in [-0.2, 0) is 6.54 Å². The molecule has 1 saturated heterocycles. The molecule has 1 fully saturated rings. The Balaban J connectivity index is 0.00000112. The second-order valence-electron chi connectivity index (χ2n) is 3.36. The Morgan fingerprint density at radius 2 is 2.13 bits per heavy atom. The molecule has 0 atom stereocenters. The van der Waals surface area contributed by atoms with Crippen LogP contribution in [0, 0.1) is 0 Å².